The molecule has 0 aromatic heterocycles. The lowest BCUT2D eigenvalue weighted by Crippen LogP contribution is -2.74. The van der Waals surface area contributed by atoms with Crippen molar-refractivity contribution in [2.75, 3.05) is 19.6 Å². The zero-order valence-corrected chi connectivity index (χ0v) is 8.03. The van der Waals surface area contributed by atoms with Crippen molar-refractivity contribution < 1.29 is 8.78 Å². The van der Waals surface area contributed by atoms with Gasteiger partial charge in [0.2, 0.25) is 0 Å². The average Bonchev–Trinajstić information content (AvgIpc) is 2.34. The summed E-state index contributed by atoms with van der Waals surface area (Å²) in [4.78, 5) is 0. The Morgan fingerprint density at radius 2 is 1.75 bits per heavy atom. The molecule has 2 aliphatic heterocycles. The second kappa shape index (κ2) is 3.62. The van der Waals surface area contributed by atoms with Crippen molar-refractivity contribution in [3.63, 3.8) is 0 Å². The molecule has 1 spiro atoms. The molecule has 6 heteroatoms. The number of halogens is 4. The van der Waals surface area contributed by atoms with Crippen molar-refractivity contribution in [1.82, 2.24) is 10.6 Å². The molecule has 0 aliphatic carbocycles. The van der Waals surface area contributed by atoms with Gasteiger partial charge in [0.1, 0.15) is 0 Å². The van der Waals surface area contributed by atoms with Gasteiger partial charge in [0, 0.05) is 6.54 Å². The molecule has 2 N–H and O–H groups in total. The van der Waals surface area contributed by atoms with Crippen LogP contribution < -0.4 is 10.6 Å². The predicted molar refractivity (Wildman–Crippen MR) is 47.7 cm³/mol. The van der Waals surface area contributed by atoms with Gasteiger partial charge >= 0.3 is 0 Å². The van der Waals surface area contributed by atoms with Gasteiger partial charge in [0.25, 0.3) is 5.92 Å². The van der Waals surface area contributed by atoms with Gasteiger partial charge in [-0.2, -0.15) is 0 Å². The molecule has 1 atom stereocenters. The summed E-state index contributed by atoms with van der Waals surface area (Å²) >= 11 is 0. The van der Waals surface area contributed by atoms with Crippen molar-refractivity contribution in [3.05, 3.63) is 0 Å². The third-order valence-corrected chi connectivity index (χ3v) is 2.50. The Hall–Kier alpha value is 0.360. The Bertz CT molecular complexity index is 160. The molecule has 0 amide bonds. The molecule has 2 rings (SSSR count). The van der Waals surface area contributed by atoms with E-state index in [0.717, 1.165) is 0 Å². The van der Waals surface area contributed by atoms with E-state index >= 15 is 0 Å². The zero-order valence-electron chi connectivity index (χ0n) is 6.40. The Morgan fingerprint density at radius 1 is 1.08 bits per heavy atom. The molecule has 0 radical (unpaired) electrons. The summed E-state index contributed by atoms with van der Waals surface area (Å²) in [5.41, 5.74) is -0.882. The van der Waals surface area contributed by atoms with E-state index in [1.165, 1.54) is 0 Å². The molecule has 2 saturated heterocycles. The van der Waals surface area contributed by atoms with E-state index < -0.39 is 11.5 Å². The van der Waals surface area contributed by atoms with Crippen LogP contribution in [0.15, 0.2) is 0 Å². The third-order valence-electron chi connectivity index (χ3n) is 2.50. The van der Waals surface area contributed by atoms with Crippen LogP contribution in [0.1, 0.15) is 6.42 Å². The summed E-state index contributed by atoms with van der Waals surface area (Å²) in [5.74, 6) is -2.48. The summed E-state index contributed by atoms with van der Waals surface area (Å²) < 4.78 is 25.6. The van der Waals surface area contributed by atoms with Gasteiger partial charge in [-0.15, -0.1) is 24.8 Å². The van der Waals surface area contributed by atoms with Crippen molar-refractivity contribution in [1.29, 1.82) is 0 Å². The van der Waals surface area contributed by atoms with Crippen LogP contribution in [0.4, 0.5) is 8.78 Å². The molecule has 1 unspecified atom stereocenters. The van der Waals surface area contributed by atoms with Crippen LogP contribution in [0, 0.1) is 0 Å². The fourth-order valence-electron chi connectivity index (χ4n) is 1.63. The van der Waals surface area contributed by atoms with Gasteiger partial charge < -0.3 is 5.32 Å². The van der Waals surface area contributed by atoms with Crippen molar-refractivity contribution >= 4 is 24.8 Å². The first kappa shape index (κ1) is 12.4. The number of nitrogens with one attached hydrogen (secondary N) is 2. The maximum Gasteiger partial charge on any atom is 0.279 e. The number of hydrogen-bond acceptors (Lipinski definition) is 2. The summed E-state index contributed by atoms with van der Waals surface area (Å²) in [6.07, 6.45) is 0.556. The molecular formula is C6H12Cl2F2N2. The minimum absolute atomic E-state index is 0. The monoisotopic (exact) mass is 220 g/mol. The Kier molecular flexibility index (Phi) is 3.73. The fraction of sp³-hybridized carbons (Fsp3) is 1.00. The highest BCUT2D eigenvalue weighted by Gasteiger charge is 2.62. The van der Waals surface area contributed by atoms with E-state index in [1.807, 2.05) is 0 Å². The minimum atomic E-state index is -2.48. The molecule has 2 fully saturated rings. The van der Waals surface area contributed by atoms with Crippen LogP contribution >= 0.6 is 24.8 Å². The van der Waals surface area contributed by atoms with Crippen molar-refractivity contribution in [3.8, 4) is 0 Å². The SMILES string of the molecule is Cl.Cl.FC1(F)CNC12CCNC2. The molecular weight excluding hydrogens is 209 g/mol. The van der Waals surface area contributed by atoms with Crippen LogP contribution in [-0.2, 0) is 0 Å². The van der Waals surface area contributed by atoms with Gasteiger partial charge in [-0.1, -0.05) is 0 Å². The summed E-state index contributed by atoms with van der Waals surface area (Å²) in [6.45, 7) is 0.983. The Balaban J connectivity index is 0.000000605. The van der Waals surface area contributed by atoms with E-state index in [9.17, 15) is 8.78 Å². The maximum atomic E-state index is 12.8. The smallest absolute Gasteiger partial charge is 0.279 e. The van der Waals surface area contributed by atoms with Gasteiger partial charge in [0.15, 0.2) is 0 Å². The van der Waals surface area contributed by atoms with E-state index in [-0.39, 0.29) is 31.4 Å². The second-order valence-electron chi connectivity index (χ2n) is 3.07. The lowest BCUT2D eigenvalue weighted by Gasteiger charge is -2.47. The normalized spacial score (nSPS) is 36.5. The minimum Gasteiger partial charge on any atom is -0.315 e. The van der Waals surface area contributed by atoms with Gasteiger partial charge in [-0.3, -0.25) is 5.32 Å². The predicted octanol–water partition coefficient (Wildman–Crippen LogP) is 0.801. The number of hydrogen-bond donors (Lipinski definition) is 2. The molecule has 0 aromatic rings. The molecule has 2 aliphatic rings. The first-order valence-electron chi connectivity index (χ1n) is 3.50. The van der Waals surface area contributed by atoms with Crippen molar-refractivity contribution in [2.24, 2.45) is 0 Å². The van der Waals surface area contributed by atoms with E-state index in [2.05, 4.69) is 10.6 Å². The topological polar surface area (TPSA) is 24.1 Å². The first-order valence-corrected chi connectivity index (χ1v) is 3.50. The van der Waals surface area contributed by atoms with Crippen LogP contribution in [0.25, 0.3) is 0 Å². The molecule has 0 bridgehead atoms. The molecule has 74 valence electrons. The molecule has 2 nitrogen and oxygen atoms in total. The Labute approximate surface area is 82.3 Å². The fourth-order valence-corrected chi connectivity index (χ4v) is 1.63. The summed E-state index contributed by atoms with van der Waals surface area (Å²) in [7, 11) is 0. The first-order chi connectivity index (χ1) is 4.66. The third kappa shape index (κ3) is 1.41. The number of rotatable bonds is 0. The van der Waals surface area contributed by atoms with E-state index in [1.54, 1.807) is 0 Å². The quantitative estimate of drug-likeness (QED) is 0.632. The highest BCUT2D eigenvalue weighted by molar-refractivity contribution is 5.85. The molecule has 0 aromatic carbocycles. The lowest BCUT2D eigenvalue weighted by atomic mass is 9.83. The molecule has 12 heavy (non-hydrogen) atoms. The number of alkyl halides is 2. The second-order valence-corrected chi connectivity index (χ2v) is 3.07. The lowest BCUT2D eigenvalue weighted by molar-refractivity contribution is -0.146. The van der Waals surface area contributed by atoms with Gasteiger partial charge in [-0.25, -0.2) is 8.78 Å². The zero-order chi connectivity index (χ0) is 7.24. The van der Waals surface area contributed by atoms with E-state index in [4.69, 9.17) is 0 Å². The molecule has 2 heterocycles. The maximum absolute atomic E-state index is 12.8. The molecule has 0 saturated carbocycles. The highest BCUT2D eigenvalue weighted by atomic mass is 35.5. The standard InChI is InChI=1S/C6H10F2N2.2ClH/c7-6(8)4-10-5(6)1-2-9-3-5;;/h9-10H,1-4H2;2*1H. The average molecular weight is 221 g/mol. The van der Waals surface area contributed by atoms with Crippen LogP contribution in [0.2, 0.25) is 0 Å². The largest absolute Gasteiger partial charge is 0.315 e. The van der Waals surface area contributed by atoms with Crippen molar-refractivity contribution in [2.45, 2.75) is 17.9 Å². The van der Waals surface area contributed by atoms with Crippen LogP contribution in [0.5, 0.6) is 0 Å². The Morgan fingerprint density at radius 3 is 1.92 bits per heavy atom. The highest BCUT2D eigenvalue weighted by Crippen LogP contribution is 2.39. The van der Waals surface area contributed by atoms with Crippen LogP contribution in [0.3, 0.4) is 0 Å². The van der Waals surface area contributed by atoms with Gasteiger partial charge in [0.05, 0.1) is 12.1 Å². The summed E-state index contributed by atoms with van der Waals surface area (Å²) in [5, 5.41) is 5.73. The summed E-state index contributed by atoms with van der Waals surface area (Å²) in [6, 6.07) is 0. The van der Waals surface area contributed by atoms with Gasteiger partial charge in [-0.05, 0) is 13.0 Å². The van der Waals surface area contributed by atoms with E-state index in [0.29, 0.717) is 19.5 Å². The van der Waals surface area contributed by atoms with Crippen LogP contribution in [-0.4, -0.2) is 31.1 Å².